The minimum absolute atomic E-state index is 0.0498. The van der Waals surface area contributed by atoms with Crippen molar-refractivity contribution in [2.24, 2.45) is 0 Å². The van der Waals surface area contributed by atoms with E-state index in [2.05, 4.69) is 10.4 Å². The first-order chi connectivity index (χ1) is 11.9. The lowest BCUT2D eigenvalue weighted by Crippen LogP contribution is -2.48. The maximum absolute atomic E-state index is 13.1. The molecule has 0 spiro atoms. The highest BCUT2D eigenvalue weighted by Crippen LogP contribution is 2.49. The fourth-order valence-corrected chi connectivity index (χ4v) is 2.81. The molecule has 2 aliphatic rings. The van der Waals surface area contributed by atoms with Crippen molar-refractivity contribution in [3.63, 3.8) is 0 Å². The molecule has 1 aromatic heterocycles. The van der Waals surface area contributed by atoms with Crippen LogP contribution in [0, 0.1) is 0 Å². The number of carbonyl (C=O) groups excluding carboxylic acids is 2. The Morgan fingerprint density at radius 2 is 1.88 bits per heavy atom. The molecule has 26 heavy (non-hydrogen) atoms. The van der Waals surface area contributed by atoms with Crippen molar-refractivity contribution in [3.8, 4) is 0 Å². The molecule has 0 bridgehead atoms. The third kappa shape index (κ3) is 3.49. The number of fused-ring (bicyclic) bond motifs is 1. The molecule has 144 valence electrons. The Bertz CT molecular complexity index is 732. The summed E-state index contributed by atoms with van der Waals surface area (Å²) in [5.41, 5.74) is -2.36. The standard InChI is InChI=1S/C16H21F3N4O3/c1-14(2,3)26-13(25)22-6-7-23-11(9-22)10(8-20-23)12(24)21-15(4-5-15)16(17,18)19/h8H,4-7,9H2,1-3H3,(H,21,24). The molecule has 1 aliphatic heterocycles. The van der Waals surface area contributed by atoms with E-state index >= 15 is 0 Å². The van der Waals surface area contributed by atoms with Crippen LogP contribution in [0.2, 0.25) is 0 Å². The molecule has 3 rings (SSSR count). The van der Waals surface area contributed by atoms with Crippen LogP contribution in [-0.4, -0.2) is 50.5 Å². The molecule has 7 nitrogen and oxygen atoms in total. The first kappa shape index (κ1) is 18.5. The number of rotatable bonds is 2. The molecule has 1 saturated carbocycles. The van der Waals surface area contributed by atoms with Gasteiger partial charge in [0.2, 0.25) is 0 Å². The number of aromatic nitrogens is 2. The number of alkyl halides is 3. The molecular weight excluding hydrogens is 353 g/mol. The molecule has 0 unspecified atom stereocenters. The Kier molecular flexibility index (Phi) is 4.19. The number of ether oxygens (including phenoxy) is 1. The fraction of sp³-hybridized carbons (Fsp3) is 0.688. The van der Waals surface area contributed by atoms with Crippen molar-refractivity contribution < 1.29 is 27.5 Å². The molecule has 0 atom stereocenters. The van der Waals surface area contributed by atoms with Gasteiger partial charge in [-0.1, -0.05) is 0 Å². The van der Waals surface area contributed by atoms with Crippen molar-refractivity contribution >= 4 is 12.0 Å². The molecule has 1 aliphatic carbocycles. The second-order valence-corrected chi connectivity index (χ2v) is 7.66. The lowest BCUT2D eigenvalue weighted by atomic mass is 10.1. The summed E-state index contributed by atoms with van der Waals surface area (Å²) in [6, 6.07) is 0. The van der Waals surface area contributed by atoms with Crippen molar-refractivity contribution in [1.29, 1.82) is 0 Å². The van der Waals surface area contributed by atoms with Gasteiger partial charge in [0.25, 0.3) is 5.91 Å². The largest absolute Gasteiger partial charge is 0.444 e. The van der Waals surface area contributed by atoms with Crippen LogP contribution in [0.25, 0.3) is 0 Å². The molecule has 0 radical (unpaired) electrons. The van der Waals surface area contributed by atoms with Gasteiger partial charge in [-0.25, -0.2) is 4.79 Å². The third-order valence-corrected chi connectivity index (χ3v) is 4.41. The van der Waals surface area contributed by atoms with E-state index in [0.717, 1.165) is 0 Å². The quantitative estimate of drug-likeness (QED) is 0.863. The first-order valence-electron chi connectivity index (χ1n) is 8.34. The summed E-state index contributed by atoms with van der Waals surface area (Å²) in [6.07, 6.45) is -4.04. The van der Waals surface area contributed by atoms with Gasteiger partial charge in [-0.15, -0.1) is 0 Å². The monoisotopic (exact) mass is 374 g/mol. The molecule has 10 heteroatoms. The van der Waals surface area contributed by atoms with E-state index in [1.54, 1.807) is 20.8 Å². The lowest BCUT2D eigenvalue weighted by Gasteiger charge is -2.31. The van der Waals surface area contributed by atoms with Gasteiger partial charge in [-0.3, -0.25) is 9.48 Å². The second kappa shape index (κ2) is 5.88. The number of halogens is 3. The van der Waals surface area contributed by atoms with Gasteiger partial charge in [0, 0.05) is 6.54 Å². The Hall–Kier alpha value is -2.26. The lowest BCUT2D eigenvalue weighted by molar-refractivity contribution is -0.163. The predicted octanol–water partition coefficient (Wildman–Crippen LogP) is 2.46. The minimum atomic E-state index is -4.49. The van der Waals surface area contributed by atoms with Gasteiger partial charge in [-0.05, 0) is 33.6 Å². The number of hydrogen-bond donors (Lipinski definition) is 1. The topological polar surface area (TPSA) is 76.5 Å². The van der Waals surface area contributed by atoms with Crippen LogP contribution in [0.3, 0.4) is 0 Å². The van der Waals surface area contributed by atoms with Gasteiger partial charge >= 0.3 is 12.3 Å². The minimum Gasteiger partial charge on any atom is -0.444 e. The van der Waals surface area contributed by atoms with Crippen LogP contribution in [-0.2, 0) is 17.8 Å². The Balaban J connectivity index is 1.74. The van der Waals surface area contributed by atoms with Crippen LogP contribution in [0.5, 0.6) is 0 Å². The van der Waals surface area contributed by atoms with Crippen molar-refractivity contribution in [1.82, 2.24) is 20.0 Å². The fourth-order valence-electron chi connectivity index (χ4n) is 2.81. The van der Waals surface area contributed by atoms with E-state index in [0.29, 0.717) is 18.8 Å². The normalized spacial score (nSPS) is 18.9. The van der Waals surface area contributed by atoms with Crippen molar-refractivity contribution in [2.75, 3.05) is 6.54 Å². The smallest absolute Gasteiger partial charge is 0.411 e. The summed E-state index contributed by atoms with van der Waals surface area (Å²) in [5.74, 6) is -0.827. The third-order valence-electron chi connectivity index (χ3n) is 4.41. The Morgan fingerprint density at radius 3 is 2.42 bits per heavy atom. The average molecular weight is 374 g/mol. The maximum Gasteiger partial charge on any atom is 0.411 e. The van der Waals surface area contributed by atoms with Crippen LogP contribution < -0.4 is 5.32 Å². The highest BCUT2D eigenvalue weighted by Gasteiger charge is 2.64. The zero-order chi connectivity index (χ0) is 19.3. The SMILES string of the molecule is CC(C)(C)OC(=O)N1CCn2ncc(C(=O)NC3(C(F)(F)F)CC3)c2C1. The van der Waals surface area contributed by atoms with Crippen LogP contribution >= 0.6 is 0 Å². The summed E-state index contributed by atoms with van der Waals surface area (Å²) in [4.78, 5) is 26.0. The zero-order valence-corrected chi connectivity index (χ0v) is 14.8. The van der Waals surface area contributed by atoms with Crippen molar-refractivity contribution in [2.45, 2.75) is 64.0 Å². The van der Waals surface area contributed by atoms with E-state index in [1.165, 1.54) is 15.8 Å². The van der Waals surface area contributed by atoms with Gasteiger partial charge in [0.1, 0.15) is 11.1 Å². The Morgan fingerprint density at radius 1 is 1.23 bits per heavy atom. The number of hydrogen-bond acceptors (Lipinski definition) is 4. The molecule has 2 amide bonds. The van der Waals surface area contributed by atoms with E-state index in [9.17, 15) is 22.8 Å². The summed E-state index contributed by atoms with van der Waals surface area (Å²) in [6.45, 7) is 5.96. The predicted molar refractivity (Wildman–Crippen MR) is 84.4 cm³/mol. The Labute approximate surface area is 148 Å². The first-order valence-corrected chi connectivity index (χ1v) is 8.34. The maximum atomic E-state index is 13.1. The molecule has 1 aromatic rings. The van der Waals surface area contributed by atoms with E-state index in [-0.39, 0.29) is 24.9 Å². The van der Waals surface area contributed by atoms with Gasteiger partial charge in [0.05, 0.1) is 30.5 Å². The number of nitrogens with zero attached hydrogens (tertiary/aromatic N) is 3. The average Bonchev–Trinajstić information content (AvgIpc) is 3.16. The molecule has 1 N–H and O–H groups in total. The summed E-state index contributed by atoms with van der Waals surface area (Å²) >= 11 is 0. The second-order valence-electron chi connectivity index (χ2n) is 7.66. The van der Waals surface area contributed by atoms with Crippen LogP contribution in [0.15, 0.2) is 6.20 Å². The van der Waals surface area contributed by atoms with E-state index in [4.69, 9.17) is 4.74 Å². The number of nitrogens with one attached hydrogen (secondary N) is 1. The van der Waals surface area contributed by atoms with Crippen LogP contribution in [0.1, 0.15) is 49.7 Å². The molecule has 0 aromatic carbocycles. The van der Waals surface area contributed by atoms with Crippen molar-refractivity contribution in [3.05, 3.63) is 17.5 Å². The molecule has 0 saturated heterocycles. The molecular formula is C16H21F3N4O3. The van der Waals surface area contributed by atoms with Crippen LogP contribution in [0.4, 0.5) is 18.0 Å². The highest BCUT2D eigenvalue weighted by atomic mass is 19.4. The van der Waals surface area contributed by atoms with Gasteiger partial charge in [0.15, 0.2) is 0 Å². The summed E-state index contributed by atoms with van der Waals surface area (Å²) in [7, 11) is 0. The summed E-state index contributed by atoms with van der Waals surface area (Å²) < 4.78 is 46.0. The van der Waals surface area contributed by atoms with E-state index < -0.39 is 29.3 Å². The van der Waals surface area contributed by atoms with Gasteiger partial charge < -0.3 is 15.0 Å². The summed E-state index contributed by atoms with van der Waals surface area (Å²) in [5, 5.41) is 6.14. The molecule has 2 heterocycles. The molecule has 1 fully saturated rings. The number of carbonyl (C=O) groups is 2. The van der Waals surface area contributed by atoms with E-state index in [1.807, 2.05) is 0 Å². The zero-order valence-electron chi connectivity index (χ0n) is 14.8. The number of amides is 2. The van der Waals surface area contributed by atoms with Gasteiger partial charge in [-0.2, -0.15) is 18.3 Å². The highest BCUT2D eigenvalue weighted by molar-refractivity contribution is 5.96.